The van der Waals surface area contributed by atoms with Crippen LogP contribution in [-0.4, -0.2) is 81.4 Å². The van der Waals surface area contributed by atoms with Gasteiger partial charge in [0.25, 0.3) is 0 Å². The van der Waals surface area contributed by atoms with Crippen LogP contribution in [0.4, 0.5) is 0 Å². The molecule has 0 aromatic carbocycles. The fourth-order valence-electron chi connectivity index (χ4n) is 3.29. The third kappa shape index (κ3) is 4.90. The molecule has 2 heterocycles. The predicted molar refractivity (Wildman–Crippen MR) is 98.4 cm³/mol. The highest BCUT2D eigenvalue weighted by molar-refractivity contribution is 14.1. The van der Waals surface area contributed by atoms with Gasteiger partial charge in [0.1, 0.15) is 15.7 Å². The van der Waals surface area contributed by atoms with Crippen molar-refractivity contribution in [2.24, 2.45) is 0 Å². The summed E-state index contributed by atoms with van der Waals surface area (Å²) in [4.78, 5) is 2.56. The van der Waals surface area contributed by atoms with Gasteiger partial charge in [-0.15, -0.1) is 0 Å². The van der Waals surface area contributed by atoms with Crippen molar-refractivity contribution in [1.82, 2.24) is 7.92 Å². The first-order valence-electron chi connectivity index (χ1n) is 7.91. The highest BCUT2D eigenvalue weighted by Gasteiger charge is 2.32. The molecule has 0 spiro atoms. The van der Waals surface area contributed by atoms with E-state index in [-0.39, 0.29) is 0 Å². The lowest BCUT2D eigenvalue weighted by Crippen LogP contribution is -2.52. The van der Waals surface area contributed by atoms with Crippen molar-refractivity contribution < 1.29 is 9.47 Å². The van der Waals surface area contributed by atoms with Gasteiger partial charge in [-0.05, 0) is 12.2 Å². The minimum atomic E-state index is 0.347. The second kappa shape index (κ2) is 7.86. The number of ether oxygens (including phenoxy) is 2. The Bertz CT molecular complexity index is 306. The van der Waals surface area contributed by atoms with Gasteiger partial charge in [-0.1, -0.05) is 13.8 Å². The van der Waals surface area contributed by atoms with Crippen LogP contribution in [0.25, 0.3) is 0 Å². The fourth-order valence-corrected chi connectivity index (χ4v) is 4.23. The zero-order chi connectivity index (χ0) is 14.7. The molecule has 5 atom stereocenters. The zero-order valence-electron chi connectivity index (χ0n) is 13.2. The Kier molecular flexibility index (Phi) is 6.73. The Morgan fingerprint density at radius 1 is 1.20 bits per heavy atom. The van der Waals surface area contributed by atoms with Gasteiger partial charge >= 0.3 is 0 Å². The maximum absolute atomic E-state index is 6.14. The average Bonchev–Trinajstić information content (AvgIpc) is 2.36. The minimum absolute atomic E-state index is 0.347. The third-order valence-corrected chi connectivity index (χ3v) is 5.07. The summed E-state index contributed by atoms with van der Waals surface area (Å²) >= 11 is 2.42. The SMILES string of the molecule is BC1CN(BC(C)C2CN(I)CC(B)O2)CC(CC)O1. The Morgan fingerprint density at radius 3 is 2.55 bits per heavy atom. The molecular weight excluding hydrogens is 363 g/mol. The molecule has 112 valence electrons. The van der Waals surface area contributed by atoms with Crippen LogP contribution < -0.4 is 0 Å². The van der Waals surface area contributed by atoms with E-state index in [4.69, 9.17) is 9.47 Å². The quantitative estimate of drug-likeness (QED) is 0.358. The summed E-state index contributed by atoms with van der Waals surface area (Å²) in [7, 11) is 5.48. The predicted octanol–water partition coefficient (Wildman–Crippen LogP) is -0.774. The lowest BCUT2D eigenvalue weighted by molar-refractivity contribution is -0.0326. The topological polar surface area (TPSA) is 24.9 Å². The molecule has 2 aliphatic heterocycles. The summed E-state index contributed by atoms with van der Waals surface area (Å²) in [6.45, 7) is 8.75. The van der Waals surface area contributed by atoms with Crippen molar-refractivity contribution in [3.8, 4) is 0 Å². The second-order valence-electron chi connectivity index (χ2n) is 6.49. The summed E-state index contributed by atoms with van der Waals surface area (Å²) in [6, 6.07) is 0.702. The van der Waals surface area contributed by atoms with Crippen LogP contribution >= 0.6 is 22.9 Å². The number of nitrogens with zero attached hydrogens (tertiary/aromatic N) is 2. The normalized spacial score (nSPS) is 38.5. The Hall–Kier alpha value is 0.765. The molecule has 0 amide bonds. The van der Waals surface area contributed by atoms with Gasteiger partial charge in [0, 0.05) is 61.1 Å². The van der Waals surface area contributed by atoms with Crippen LogP contribution in [-0.2, 0) is 9.47 Å². The van der Waals surface area contributed by atoms with Crippen LogP contribution in [0.15, 0.2) is 0 Å². The molecular formula is C12H26B3IN2O2. The molecule has 0 radical (unpaired) electrons. The van der Waals surface area contributed by atoms with Gasteiger partial charge in [-0.25, -0.2) is 3.11 Å². The number of morpholine rings is 2. The van der Waals surface area contributed by atoms with Crippen molar-refractivity contribution in [3.63, 3.8) is 0 Å². The molecule has 2 saturated heterocycles. The molecule has 2 fully saturated rings. The van der Waals surface area contributed by atoms with Gasteiger partial charge in [-0.2, -0.15) is 0 Å². The average molecular weight is 390 g/mol. The molecule has 8 heteroatoms. The van der Waals surface area contributed by atoms with E-state index < -0.39 is 0 Å². The van der Waals surface area contributed by atoms with Crippen molar-refractivity contribution in [3.05, 3.63) is 0 Å². The number of hydrogen-bond donors (Lipinski definition) is 0. The molecule has 2 rings (SSSR count). The van der Waals surface area contributed by atoms with Crippen LogP contribution in [0.1, 0.15) is 20.3 Å². The Morgan fingerprint density at radius 2 is 1.90 bits per heavy atom. The second-order valence-corrected chi connectivity index (χ2v) is 7.85. The molecule has 4 nitrogen and oxygen atoms in total. The zero-order valence-corrected chi connectivity index (χ0v) is 15.4. The van der Waals surface area contributed by atoms with E-state index in [2.05, 4.69) is 60.3 Å². The highest BCUT2D eigenvalue weighted by Crippen LogP contribution is 2.24. The molecule has 0 aromatic rings. The largest absolute Gasteiger partial charge is 0.382 e. The van der Waals surface area contributed by atoms with E-state index in [1.807, 2.05) is 0 Å². The molecule has 5 unspecified atom stereocenters. The molecule has 0 saturated carbocycles. The standard InChI is InChI=1S/C12H26B3IN2O2/c1-3-9-4-17(6-11(13)19-9)15-8(2)10-5-18(16)7-12(14)20-10/h8-12,15H,3-7,13-14H2,1-2H3. The van der Waals surface area contributed by atoms with Crippen LogP contribution in [0, 0.1) is 0 Å². The third-order valence-electron chi connectivity index (χ3n) is 4.28. The van der Waals surface area contributed by atoms with Gasteiger partial charge in [0.15, 0.2) is 0 Å². The molecule has 0 aromatic heterocycles. The summed E-state index contributed by atoms with van der Waals surface area (Å²) in [5, 5.41) is 0. The highest BCUT2D eigenvalue weighted by atomic mass is 127. The smallest absolute Gasteiger partial charge is 0.209 e. The van der Waals surface area contributed by atoms with E-state index in [0.29, 0.717) is 30.0 Å². The maximum atomic E-state index is 6.14. The van der Waals surface area contributed by atoms with Crippen LogP contribution in [0.5, 0.6) is 0 Å². The lowest BCUT2D eigenvalue weighted by Gasteiger charge is -2.41. The van der Waals surface area contributed by atoms with E-state index in [9.17, 15) is 0 Å². The first-order valence-corrected chi connectivity index (χ1v) is 8.88. The van der Waals surface area contributed by atoms with Crippen LogP contribution in [0.3, 0.4) is 0 Å². The lowest BCUT2D eigenvalue weighted by atomic mass is 9.69. The summed E-state index contributed by atoms with van der Waals surface area (Å²) in [5.74, 6) is 0.567. The van der Waals surface area contributed by atoms with Gasteiger partial charge in [0.05, 0.1) is 12.2 Å². The van der Waals surface area contributed by atoms with Crippen molar-refractivity contribution in [2.45, 2.75) is 50.3 Å². The summed E-state index contributed by atoms with van der Waals surface area (Å²) in [6.07, 6.45) is 1.86. The molecule has 0 bridgehead atoms. The number of rotatable bonds is 4. The van der Waals surface area contributed by atoms with E-state index in [1.165, 1.54) is 0 Å². The molecule has 0 N–H and O–H groups in total. The van der Waals surface area contributed by atoms with E-state index in [1.54, 1.807) is 0 Å². The van der Waals surface area contributed by atoms with Gasteiger partial charge in [-0.3, -0.25) is 0 Å². The van der Waals surface area contributed by atoms with E-state index in [0.717, 1.165) is 40.0 Å². The molecule has 0 aliphatic carbocycles. The molecule has 2 aliphatic rings. The Balaban J connectivity index is 1.85. The van der Waals surface area contributed by atoms with Gasteiger partial charge in [0.2, 0.25) is 7.41 Å². The molecule has 20 heavy (non-hydrogen) atoms. The van der Waals surface area contributed by atoms with E-state index >= 15 is 0 Å². The first-order chi connectivity index (χ1) is 9.47. The number of halogens is 1. The summed E-state index contributed by atoms with van der Waals surface area (Å²) < 4.78 is 14.4. The monoisotopic (exact) mass is 390 g/mol. The first kappa shape index (κ1) is 17.1. The van der Waals surface area contributed by atoms with Crippen molar-refractivity contribution in [2.75, 3.05) is 26.2 Å². The summed E-state index contributed by atoms with van der Waals surface area (Å²) in [5.41, 5.74) is 0. The maximum Gasteiger partial charge on any atom is 0.209 e. The van der Waals surface area contributed by atoms with Crippen molar-refractivity contribution in [1.29, 1.82) is 0 Å². The van der Waals surface area contributed by atoms with Crippen LogP contribution in [0.2, 0.25) is 5.82 Å². The minimum Gasteiger partial charge on any atom is -0.382 e. The fraction of sp³-hybridized carbons (Fsp3) is 1.00. The van der Waals surface area contributed by atoms with Gasteiger partial charge < -0.3 is 14.3 Å². The van der Waals surface area contributed by atoms with Crippen molar-refractivity contribution >= 4 is 46.0 Å². The number of hydrogen-bond acceptors (Lipinski definition) is 4. The Labute approximate surface area is 139 Å².